The van der Waals surface area contributed by atoms with Gasteiger partial charge in [0.15, 0.2) is 0 Å². The number of aliphatic hydroxyl groups excluding tert-OH is 1. The zero-order valence-electron chi connectivity index (χ0n) is 14.7. The molecular formula is C16H26BO8. The quantitative estimate of drug-likeness (QED) is 0.405. The molecule has 1 rings (SSSR count). The first-order valence-electron chi connectivity index (χ1n) is 7.57. The molecule has 0 unspecified atom stereocenters. The summed E-state index contributed by atoms with van der Waals surface area (Å²) in [6.07, 6.45) is 6.69. The van der Waals surface area contributed by atoms with Crippen molar-refractivity contribution in [3.63, 3.8) is 0 Å². The van der Waals surface area contributed by atoms with Crippen LogP contribution in [0.2, 0.25) is 0 Å². The largest absolute Gasteiger partial charge is 0.478 e. The smallest absolute Gasteiger partial charge is 0.330 e. The highest BCUT2D eigenvalue weighted by Crippen LogP contribution is 1.98. The number of esters is 2. The number of carbonyl (C=O) groups is 3. The van der Waals surface area contributed by atoms with Crippen LogP contribution in [-0.4, -0.2) is 69.6 Å². The van der Waals surface area contributed by atoms with Crippen molar-refractivity contribution in [3.05, 3.63) is 24.3 Å². The highest BCUT2D eigenvalue weighted by Gasteiger charge is 1.95. The maximum atomic E-state index is 10.4. The number of hydrogen-bond donors (Lipinski definition) is 2. The van der Waals surface area contributed by atoms with Crippen LogP contribution in [0.1, 0.15) is 26.7 Å². The number of hydrogen-bond acceptors (Lipinski definition) is 7. The van der Waals surface area contributed by atoms with E-state index in [4.69, 9.17) is 14.9 Å². The minimum absolute atomic E-state index is 0. The Hall–Kier alpha value is -2.13. The van der Waals surface area contributed by atoms with Gasteiger partial charge in [0.25, 0.3) is 0 Å². The third-order valence-corrected chi connectivity index (χ3v) is 2.12. The molecule has 0 bridgehead atoms. The molecule has 9 heteroatoms. The molecule has 1 saturated heterocycles. The van der Waals surface area contributed by atoms with Gasteiger partial charge in [0.2, 0.25) is 0 Å². The highest BCUT2D eigenvalue weighted by molar-refractivity contribution is 5.90. The number of rotatable bonds is 6. The van der Waals surface area contributed by atoms with Crippen molar-refractivity contribution in [2.45, 2.75) is 26.7 Å². The van der Waals surface area contributed by atoms with E-state index in [-0.39, 0.29) is 21.6 Å². The lowest BCUT2D eigenvalue weighted by atomic mass is 10.4. The SMILES string of the molecule is C1CCOC1.CCOC(=O)/C=C/C(=O)O.CCOC(=O)/C=C/CO.[B]. The van der Waals surface area contributed by atoms with Crippen molar-refractivity contribution >= 4 is 26.3 Å². The summed E-state index contributed by atoms with van der Waals surface area (Å²) in [7, 11) is 0. The van der Waals surface area contributed by atoms with Crippen molar-refractivity contribution in [3.8, 4) is 0 Å². The summed E-state index contributed by atoms with van der Waals surface area (Å²) in [5, 5.41) is 16.2. The maximum absolute atomic E-state index is 10.4. The van der Waals surface area contributed by atoms with Crippen molar-refractivity contribution < 1.29 is 38.8 Å². The average molecular weight is 357 g/mol. The average Bonchev–Trinajstić information content (AvgIpc) is 3.12. The van der Waals surface area contributed by atoms with Gasteiger partial charge in [-0.05, 0) is 26.7 Å². The topological polar surface area (TPSA) is 119 Å². The summed E-state index contributed by atoms with van der Waals surface area (Å²) >= 11 is 0. The Bertz CT molecular complexity index is 395. The van der Waals surface area contributed by atoms with Gasteiger partial charge in [-0.15, -0.1) is 0 Å². The Balaban J connectivity index is -0.000000297. The summed E-state index contributed by atoms with van der Waals surface area (Å²) < 4.78 is 13.9. The van der Waals surface area contributed by atoms with Gasteiger partial charge in [-0.3, -0.25) is 0 Å². The van der Waals surface area contributed by atoms with Crippen molar-refractivity contribution in [1.29, 1.82) is 0 Å². The van der Waals surface area contributed by atoms with Crippen LogP contribution in [0.4, 0.5) is 0 Å². The minimum atomic E-state index is -1.16. The molecule has 1 aliphatic rings. The van der Waals surface area contributed by atoms with E-state index in [9.17, 15) is 14.4 Å². The summed E-state index contributed by atoms with van der Waals surface area (Å²) in [5.41, 5.74) is 0. The van der Waals surface area contributed by atoms with Crippen LogP contribution >= 0.6 is 0 Å². The van der Waals surface area contributed by atoms with E-state index in [0.29, 0.717) is 6.61 Å². The lowest BCUT2D eigenvalue weighted by Gasteiger charge is -1.92. The molecule has 0 amide bonds. The van der Waals surface area contributed by atoms with Gasteiger partial charge in [-0.2, -0.15) is 0 Å². The van der Waals surface area contributed by atoms with Gasteiger partial charge in [0.1, 0.15) is 0 Å². The van der Waals surface area contributed by atoms with Gasteiger partial charge in [-0.25, -0.2) is 14.4 Å². The molecule has 1 fully saturated rings. The Morgan fingerprint density at radius 2 is 1.44 bits per heavy atom. The number of aliphatic carboxylic acids is 1. The number of carboxylic acid groups (broad SMARTS) is 1. The van der Waals surface area contributed by atoms with Crippen molar-refractivity contribution in [2.24, 2.45) is 0 Å². The standard InChI is InChI=1S/C6H8O4.C6H10O3.C4H8O.B/c1-2-10-6(9)4-3-5(7)8;1-2-9-6(8)4-3-5-7;1-2-4-5-3-1;/h3-4H,2H2,1H3,(H,7,8);3-4,7H,2,5H2,1H3;1-4H2;/b2*4-3+;;. The molecule has 0 spiro atoms. The Morgan fingerprint density at radius 1 is 0.960 bits per heavy atom. The maximum Gasteiger partial charge on any atom is 0.330 e. The Labute approximate surface area is 150 Å². The van der Waals surface area contributed by atoms with E-state index in [2.05, 4.69) is 9.47 Å². The summed E-state index contributed by atoms with van der Waals surface area (Å²) in [4.78, 5) is 30.6. The molecule has 25 heavy (non-hydrogen) atoms. The first kappa shape index (κ1) is 27.7. The molecule has 0 aliphatic carbocycles. The van der Waals surface area contributed by atoms with E-state index in [1.165, 1.54) is 25.0 Å². The molecule has 8 nitrogen and oxygen atoms in total. The second-order valence-electron chi connectivity index (χ2n) is 4.08. The molecule has 1 heterocycles. The third-order valence-electron chi connectivity index (χ3n) is 2.12. The predicted molar refractivity (Wildman–Crippen MR) is 92.1 cm³/mol. The van der Waals surface area contributed by atoms with Crippen LogP contribution in [0, 0.1) is 0 Å². The second-order valence-corrected chi connectivity index (χ2v) is 4.08. The minimum Gasteiger partial charge on any atom is -0.478 e. The van der Waals surface area contributed by atoms with Crippen molar-refractivity contribution in [1.82, 2.24) is 0 Å². The Morgan fingerprint density at radius 3 is 1.76 bits per heavy atom. The first-order chi connectivity index (χ1) is 11.5. The van der Waals surface area contributed by atoms with Crippen LogP contribution in [0.5, 0.6) is 0 Å². The van der Waals surface area contributed by atoms with Gasteiger partial charge in [0.05, 0.1) is 19.8 Å². The molecule has 3 radical (unpaired) electrons. The van der Waals surface area contributed by atoms with Gasteiger partial charge in [-0.1, -0.05) is 6.08 Å². The van der Waals surface area contributed by atoms with Gasteiger partial charge in [0, 0.05) is 39.9 Å². The fourth-order valence-corrected chi connectivity index (χ4v) is 1.18. The zero-order chi connectivity index (χ0) is 18.6. The molecule has 0 saturated carbocycles. The molecule has 0 aromatic carbocycles. The second kappa shape index (κ2) is 21.9. The molecule has 0 atom stereocenters. The lowest BCUT2D eigenvalue weighted by molar-refractivity contribution is -0.138. The fourth-order valence-electron chi connectivity index (χ4n) is 1.18. The number of carboxylic acids is 1. The monoisotopic (exact) mass is 357 g/mol. The number of aliphatic hydroxyl groups is 1. The van der Waals surface area contributed by atoms with E-state index in [1.807, 2.05) is 0 Å². The van der Waals surface area contributed by atoms with E-state index in [1.54, 1.807) is 13.8 Å². The van der Waals surface area contributed by atoms with Gasteiger partial charge >= 0.3 is 17.9 Å². The summed E-state index contributed by atoms with van der Waals surface area (Å²) in [6, 6.07) is 0. The molecule has 0 aromatic rings. The van der Waals surface area contributed by atoms with Crippen LogP contribution in [-0.2, 0) is 28.6 Å². The van der Waals surface area contributed by atoms with Crippen LogP contribution in [0.3, 0.4) is 0 Å². The first-order valence-corrected chi connectivity index (χ1v) is 7.57. The normalized spacial score (nSPS) is 12.3. The van der Waals surface area contributed by atoms with E-state index >= 15 is 0 Å². The Kier molecular flexibility index (Phi) is 24.2. The molecular weight excluding hydrogens is 331 g/mol. The van der Waals surface area contributed by atoms with Crippen LogP contribution in [0.25, 0.3) is 0 Å². The summed E-state index contributed by atoms with van der Waals surface area (Å²) in [6.45, 7) is 5.87. The van der Waals surface area contributed by atoms with Gasteiger partial charge < -0.3 is 24.4 Å². The summed E-state index contributed by atoms with van der Waals surface area (Å²) in [5.74, 6) is -2.20. The molecule has 0 aromatic heterocycles. The van der Waals surface area contributed by atoms with E-state index < -0.39 is 17.9 Å². The number of ether oxygens (including phenoxy) is 3. The molecule has 141 valence electrons. The number of carbonyl (C=O) groups excluding carboxylic acids is 2. The van der Waals surface area contributed by atoms with E-state index in [0.717, 1.165) is 25.4 Å². The van der Waals surface area contributed by atoms with Crippen LogP contribution < -0.4 is 0 Å². The predicted octanol–water partition coefficient (Wildman–Crippen LogP) is 0.704. The van der Waals surface area contributed by atoms with Crippen LogP contribution in [0.15, 0.2) is 24.3 Å². The third kappa shape index (κ3) is 27.0. The molecule has 1 aliphatic heterocycles. The lowest BCUT2D eigenvalue weighted by Crippen LogP contribution is -2.00. The zero-order valence-corrected chi connectivity index (χ0v) is 14.7. The fraction of sp³-hybridized carbons (Fsp3) is 0.562. The van der Waals surface area contributed by atoms with Crippen molar-refractivity contribution in [2.75, 3.05) is 33.0 Å². The molecule has 2 N–H and O–H groups in total. The highest BCUT2D eigenvalue weighted by atomic mass is 16.5.